The molecule has 1 aromatic heterocycles. The summed E-state index contributed by atoms with van der Waals surface area (Å²) in [5.41, 5.74) is -2.01. The third kappa shape index (κ3) is 4.08. The predicted octanol–water partition coefficient (Wildman–Crippen LogP) is 5.68. The Balaban J connectivity index is 1.69. The Hall–Kier alpha value is -3.10. The van der Waals surface area contributed by atoms with Gasteiger partial charge in [-0.05, 0) is 66.2 Å². The van der Waals surface area contributed by atoms with Gasteiger partial charge in [0, 0.05) is 16.1 Å². The molecule has 0 fully saturated rings. The van der Waals surface area contributed by atoms with E-state index in [1.54, 1.807) is 0 Å². The van der Waals surface area contributed by atoms with Crippen molar-refractivity contribution in [3.63, 3.8) is 0 Å². The molecule has 2 N–H and O–H groups in total. The van der Waals surface area contributed by atoms with Gasteiger partial charge in [-0.2, -0.15) is 18.3 Å². The van der Waals surface area contributed by atoms with Gasteiger partial charge in [-0.15, -0.1) is 0 Å². The zero-order chi connectivity index (χ0) is 22.2. The highest BCUT2D eigenvalue weighted by molar-refractivity contribution is 6.30. The third-order valence-corrected chi connectivity index (χ3v) is 5.23. The van der Waals surface area contributed by atoms with Gasteiger partial charge in [-0.3, -0.25) is 0 Å². The highest BCUT2D eigenvalue weighted by atomic mass is 35.5. The Morgan fingerprint density at radius 3 is 2.29 bits per heavy atom. The van der Waals surface area contributed by atoms with E-state index < -0.39 is 24.1 Å². The van der Waals surface area contributed by atoms with Gasteiger partial charge < -0.3 is 10.4 Å². The van der Waals surface area contributed by atoms with Crippen molar-refractivity contribution in [1.29, 1.82) is 0 Å². The monoisotopic (exact) mass is 449 g/mol. The first-order valence-corrected chi connectivity index (χ1v) is 9.58. The van der Waals surface area contributed by atoms with E-state index in [0.29, 0.717) is 27.3 Å². The Morgan fingerprint density at radius 2 is 1.65 bits per heavy atom. The van der Waals surface area contributed by atoms with Crippen molar-refractivity contribution in [1.82, 2.24) is 9.78 Å². The second-order valence-electron chi connectivity index (χ2n) is 7.02. The maximum absolute atomic E-state index is 13.9. The lowest BCUT2D eigenvalue weighted by Gasteiger charge is -2.31. The lowest BCUT2D eigenvalue weighted by molar-refractivity contribution is -0.260. The zero-order valence-electron chi connectivity index (χ0n) is 15.9. The van der Waals surface area contributed by atoms with E-state index in [9.17, 15) is 22.7 Å². The topological polar surface area (TPSA) is 50.1 Å². The van der Waals surface area contributed by atoms with E-state index in [-0.39, 0.29) is 5.56 Å². The fraction of sp³-hybridized carbons (Fsp3) is 0.136. The first kappa shape index (κ1) is 21.1. The van der Waals surface area contributed by atoms with Crippen molar-refractivity contribution in [3.05, 3.63) is 89.3 Å². The average Bonchev–Trinajstić information content (AvgIpc) is 3.16. The molecule has 31 heavy (non-hydrogen) atoms. The summed E-state index contributed by atoms with van der Waals surface area (Å²) in [6.07, 6.45) is -3.54. The van der Waals surface area contributed by atoms with Crippen LogP contribution in [-0.2, 0) is 5.60 Å². The quantitative estimate of drug-likeness (QED) is 0.385. The maximum atomic E-state index is 13.9. The molecule has 160 valence electrons. The minimum atomic E-state index is -4.94. The number of fused-ring (bicyclic) bond motifs is 1. The van der Waals surface area contributed by atoms with Crippen molar-refractivity contribution < 1.29 is 22.7 Å². The van der Waals surface area contributed by atoms with Gasteiger partial charge in [-0.1, -0.05) is 17.7 Å². The van der Waals surface area contributed by atoms with Crippen LogP contribution in [0.4, 0.5) is 23.2 Å². The summed E-state index contributed by atoms with van der Waals surface area (Å²) in [5.74, 6) is -0.411. The molecule has 1 heterocycles. The average molecular weight is 450 g/mol. The Morgan fingerprint density at radius 1 is 0.968 bits per heavy atom. The number of rotatable bonds is 5. The first-order valence-electron chi connectivity index (χ1n) is 9.20. The first-order chi connectivity index (χ1) is 14.7. The number of halogens is 5. The van der Waals surface area contributed by atoms with Crippen molar-refractivity contribution >= 4 is 28.2 Å². The predicted molar refractivity (Wildman–Crippen MR) is 111 cm³/mol. The fourth-order valence-electron chi connectivity index (χ4n) is 3.24. The van der Waals surface area contributed by atoms with Gasteiger partial charge in [0.05, 0.1) is 23.9 Å². The van der Waals surface area contributed by atoms with Crippen LogP contribution in [0.1, 0.15) is 5.56 Å². The molecule has 0 aliphatic heterocycles. The number of nitrogens with one attached hydrogen (secondary N) is 1. The second-order valence-corrected chi connectivity index (χ2v) is 7.46. The second kappa shape index (κ2) is 7.86. The molecule has 1 unspecified atom stereocenters. The van der Waals surface area contributed by atoms with E-state index in [1.165, 1.54) is 77.6 Å². The van der Waals surface area contributed by atoms with Crippen LogP contribution >= 0.6 is 11.6 Å². The highest BCUT2D eigenvalue weighted by Gasteiger charge is 2.55. The number of hydrogen-bond acceptors (Lipinski definition) is 3. The number of aliphatic hydroxyl groups is 1. The van der Waals surface area contributed by atoms with Gasteiger partial charge in [0.25, 0.3) is 0 Å². The molecule has 0 aliphatic carbocycles. The van der Waals surface area contributed by atoms with E-state index in [1.807, 2.05) is 0 Å². The summed E-state index contributed by atoms with van der Waals surface area (Å²) in [6.45, 7) is -0.796. The maximum Gasteiger partial charge on any atom is 0.423 e. The summed E-state index contributed by atoms with van der Waals surface area (Å²) in [7, 11) is 0. The van der Waals surface area contributed by atoms with Crippen molar-refractivity contribution in [2.24, 2.45) is 0 Å². The molecule has 9 heteroatoms. The van der Waals surface area contributed by atoms with E-state index in [0.717, 1.165) is 0 Å². The minimum Gasteiger partial charge on any atom is -0.381 e. The normalized spacial score (nSPS) is 13.9. The highest BCUT2D eigenvalue weighted by Crippen LogP contribution is 2.40. The number of anilines is 1. The lowest BCUT2D eigenvalue weighted by Crippen LogP contribution is -2.47. The molecule has 0 spiro atoms. The van der Waals surface area contributed by atoms with Gasteiger partial charge in [0.15, 0.2) is 0 Å². The molecular formula is C22H16ClF4N3O. The van der Waals surface area contributed by atoms with Crippen LogP contribution in [0.5, 0.6) is 0 Å². The van der Waals surface area contributed by atoms with Crippen LogP contribution in [0.3, 0.4) is 0 Å². The summed E-state index contributed by atoms with van der Waals surface area (Å²) < 4.78 is 56.4. The van der Waals surface area contributed by atoms with Crippen LogP contribution in [0.25, 0.3) is 16.6 Å². The van der Waals surface area contributed by atoms with Crippen LogP contribution in [0.15, 0.2) is 72.9 Å². The van der Waals surface area contributed by atoms with E-state index >= 15 is 0 Å². The molecule has 1 atom stereocenters. The van der Waals surface area contributed by atoms with Gasteiger partial charge >= 0.3 is 6.18 Å². The molecule has 4 aromatic rings. The number of benzene rings is 3. The molecule has 0 saturated carbocycles. The molecule has 3 aromatic carbocycles. The van der Waals surface area contributed by atoms with Crippen molar-refractivity contribution in [3.8, 4) is 5.69 Å². The molecule has 4 rings (SSSR count). The number of alkyl halides is 3. The van der Waals surface area contributed by atoms with Gasteiger partial charge in [-0.25, -0.2) is 9.07 Å². The summed E-state index contributed by atoms with van der Waals surface area (Å²) >= 11 is 5.80. The summed E-state index contributed by atoms with van der Waals surface area (Å²) in [6, 6.07) is 15.6. The van der Waals surface area contributed by atoms with Crippen molar-refractivity contribution in [2.45, 2.75) is 11.8 Å². The van der Waals surface area contributed by atoms with Crippen LogP contribution < -0.4 is 5.32 Å². The number of nitrogens with zero attached hydrogens (tertiary/aromatic N) is 2. The Kier molecular flexibility index (Phi) is 5.36. The number of aromatic nitrogens is 2. The van der Waals surface area contributed by atoms with Crippen LogP contribution in [-0.4, -0.2) is 27.6 Å². The molecule has 0 saturated heterocycles. The van der Waals surface area contributed by atoms with Gasteiger partial charge in [0.1, 0.15) is 5.82 Å². The summed E-state index contributed by atoms with van der Waals surface area (Å²) in [4.78, 5) is 0. The number of hydrogen-bond donors (Lipinski definition) is 2. The minimum absolute atomic E-state index is 0.326. The largest absolute Gasteiger partial charge is 0.423 e. The van der Waals surface area contributed by atoms with E-state index in [4.69, 9.17) is 11.6 Å². The van der Waals surface area contributed by atoms with Crippen molar-refractivity contribution in [2.75, 3.05) is 11.9 Å². The molecule has 0 radical (unpaired) electrons. The molecule has 0 bridgehead atoms. The molecule has 0 amide bonds. The van der Waals surface area contributed by atoms with Gasteiger partial charge in [0.2, 0.25) is 5.60 Å². The smallest absolute Gasteiger partial charge is 0.381 e. The van der Waals surface area contributed by atoms with Crippen LogP contribution in [0.2, 0.25) is 5.02 Å². The Labute approximate surface area is 179 Å². The lowest BCUT2D eigenvalue weighted by atomic mass is 9.92. The molecule has 4 nitrogen and oxygen atoms in total. The van der Waals surface area contributed by atoms with Crippen LogP contribution in [0, 0.1) is 5.82 Å². The Bertz CT molecular complexity index is 1210. The van der Waals surface area contributed by atoms with E-state index in [2.05, 4.69) is 10.4 Å². The summed E-state index contributed by atoms with van der Waals surface area (Å²) in [5, 5.41) is 18.3. The SMILES string of the molecule is OC(CNc1ccc(Cl)cc1)(c1ccc2c(cnn2-c2ccc(F)cc2)c1)C(F)(F)F. The molecular weight excluding hydrogens is 434 g/mol. The fourth-order valence-corrected chi connectivity index (χ4v) is 3.37. The standard InChI is InChI=1S/C22H16ClF4N3O/c23-16-2-6-18(7-3-16)28-13-21(31,22(25,26)27)15-1-10-20-14(11-15)12-29-30(20)19-8-4-17(24)5-9-19/h1-12,28,31H,13H2. The molecule has 0 aliphatic rings. The third-order valence-electron chi connectivity index (χ3n) is 4.98. The zero-order valence-corrected chi connectivity index (χ0v) is 16.6.